The summed E-state index contributed by atoms with van der Waals surface area (Å²) in [5, 5.41) is 65.9. The lowest BCUT2D eigenvalue weighted by atomic mass is 9.97. The van der Waals surface area contributed by atoms with Gasteiger partial charge in [-0.15, -0.1) is 0 Å². The molecule has 5 aliphatic heterocycles. The molecule has 288 valence electrons. The van der Waals surface area contributed by atoms with E-state index < -0.39 is 123 Å². The summed E-state index contributed by atoms with van der Waals surface area (Å²) in [6.07, 6.45) is -18.9. The highest BCUT2D eigenvalue weighted by Gasteiger charge is 2.50. The number of aldehydes is 1. The maximum Gasteiger partial charge on any atom is 0.207 e. The highest BCUT2D eigenvalue weighted by molar-refractivity contribution is 5.57. The van der Waals surface area contributed by atoms with E-state index in [1.54, 1.807) is 13.8 Å². The molecule has 50 heavy (non-hydrogen) atoms. The van der Waals surface area contributed by atoms with Crippen LogP contribution in [-0.4, -0.2) is 180 Å². The second-order valence-electron chi connectivity index (χ2n) is 13.4. The summed E-state index contributed by atoms with van der Waals surface area (Å²) in [5.74, 6) is 0. The smallest absolute Gasteiger partial charge is 0.207 e. The van der Waals surface area contributed by atoms with Crippen molar-refractivity contribution >= 4 is 12.7 Å². The van der Waals surface area contributed by atoms with Crippen LogP contribution >= 0.6 is 0 Å². The van der Waals surface area contributed by atoms with Crippen molar-refractivity contribution < 1.29 is 87.6 Å². The first-order chi connectivity index (χ1) is 23.8. The number of ether oxygens (including phenoxy) is 10. The van der Waals surface area contributed by atoms with Crippen LogP contribution in [0.4, 0.5) is 0 Å². The van der Waals surface area contributed by atoms with Crippen LogP contribution in [0.15, 0.2) is 0 Å². The van der Waals surface area contributed by atoms with E-state index in [-0.39, 0.29) is 32.3 Å². The van der Waals surface area contributed by atoms with Crippen molar-refractivity contribution in [2.45, 2.75) is 169 Å². The van der Waals surface area contributed by atoms with E-state index in [9.17, 15) is 40.2 Å². The molecule has 20 atom stereocenters. The van der Waals surface area contributed by atoms with Crippen LogP contribution in [0.25, 0.3) is 0 Å². The van der Waals surface area contributed by atoms with E-state index in [0.29, 0.717) is 12.7 Å². The van der Waals surface area contributed by atoms with E-state index in [1.807, 2.05) is 0 Å². The van der Waals surface area contributed by atoms with Gasteiger partial charge in [-0.1, -0.05) is 0 Å². The first-order valence-electron chi connectivity index (χ1n) is 16.9. The van der Waals surface area contributed by atoms with E-state index >= 15 is 0 Å². The van der Waals surface area contributed by atoms with Gasteiger partial charge in [0, 0.05) is 32.8 Å². The van der Waals surface area contributed by atoms with Crippen molar-refractivity contribution in [1.29, 1.82) is 0 Å². The van der Waals surface area contributed by atoms with Crippen molar-refractivity contribution in [3.63, 3.8) is 0 Å². The van der Waals surface area contributed by atoms with Gasteiger partial charge in [0.05, 0.1) is 55.4 Å². The Balaban J connectivity index is 1.14. The zero-order valence-electron chi connectivity index (χ0n) is 28.3. The van der Waals surface area contributed by atoms with E-state index in [4.69, 9.17) is 47.4 Å². The summed E-state index contributed by atoms with van der Waals surface area (Å²) >= 11 is 0. The third-order valence-corrected chi connectivity index (χ3v) is 9.81. The van der Waals surface area contributed by atoms with Gasteiger partial charge in [-0.25, -0.2) is 0 Å². The summed E-state index contributed by atoms with van der Waals surface area (Å²) in [6, 6.07) is -0.796. The molecule has 5 aliphatic rings. The number of aliphatic hydroxyl groups excluding tert-OH is 6. The lowest BCUT2D eigenvalue weighted by molar-refractivity contribution is -0.350. The Morgan fingerprint density at radius 1 is 0.620 bits per heavy atom. The third-order valence-electron chi connectivity index (χ3n) is 9.81. The maximum absolute atomic E-state index is 12.0. The van der Waals surface area contributed by atoms with Crippen LogP contribution in [0, 0.1) is 0 Å². The quantitative estimate of drug-likeness (QED) is 0.0964. The Kier molecular flexibility index (Phi) is 13.9. The van der Waals surface area contributed by atoms with Crippen LogP contribution in [0.5, 0.6) is 0 Å². The number of rotatable bonds is 12. The average molecular weight is 726 g/mol. The average Bonchev–Trinajstić information content (AvgIpc) is 3.07. The van der Waals surface area contributed by atoms with E-state index in [2.05, 4.69) is 5.32 Å². The summed E-state index contributed by atoms with van der Waals surface area (Å²) in [4.78, 5) is 23.5. The van der Waals surface area contributed by atoms with Gasteiger partial charge in [-0.2, -0.15) is 0 Å². The molecule has 0 bridgehead atoms. The Morgan fingerprint density at radius 3 is 1.92 bits per heavy atom. The Bertz CT molecular complexity index is 1070. The number of nitrogens with one attached hydrogen (secondary N) is 1. The summed E-state index contributed by atoms with van der Waals surface area (Å²) in [6.45, 7) is 4.83. The lowest BCUT2D eigenvalue weighted by Crippen LogP contribution is -2.63. The predicted molar refractivity (Wildman–Crippen MR) is 161 cm³/mol. The standard InChI is InChI=1S/C31H51NO18/c1-12-19(46-31-27(40)26(39)29(20(9-33)47-31)50-24-7-17(36)25(38)13(2)43-24)5-15(32-11-34)30(45-12)48-21-10-42-23(6-16(21)35)49-28-14(3)44-22(41-4)8-18(28)37/h9,11-31,35-40H,5-8,10H2,1-4H3,(H,32,34)/t12?,13-,14?,15?,16+,17+,18+,19-,20-,21+,22-,23-,24+,25+,26+,27?,28+,29+,30+,31+/m0/s1. The Labute approximate surface area is 288 Å². The molecule has 5 rings (SSSR count). The predicted octanol–water partition coefficient (Wildman–Crippen LogP) is -3.47. The monoisotopic (exact) mass is 725 g/mol. The summed E-state index contributed by atoms with van der Waals surface area (Å²) in [7, 11) is 1.48. The number of aliphatic hydroxyl groups is 6. The molecular formula is C31H51NO18. The minimum atomic E-state index is -1.69. The van der Waals surface area contributed by atoms with Crippen LogP contribution in [0.3, 0.4) is 0 Å². The fourth-order valence-corrected chi connectivity index (χ4v) is 6.85. The van der Waals surface area contributed by atoms with Gasteiger partial charge in [-0.3, -0.25) is 4.79 Å². The second-order valence-corrected chi connectivity index (χ2v) is 13.4. The molecule has 0 radical (unpaired) electrons. The number of carbonyl (C=O) groups excluding carboxylic acids is 2. The number of amides is 1. The number of hydrogen-bond donors (Lipinski definition) is 7. The number of hydrogen-bond acceptors (Lipinski definition) is 18. The van der Waals surface area contributed by atoms with Crippen molar-refractivity contribution in [1.82, 2.24) is 5.32 Å². The molecule has 5 fully saturated rings. The summed E-state index contributed by atoms with van der Waals surface area (Å²) in [5.41, 5.74) is 0. The zero-order valence-corrected chi connectivity index (χ0v) is 28.3. The van der Waals surface area contributed by atoms with Crippen molar-refractivity contribution in [3.8, 4) is 0 Å². The normalized spacial score (nSPS) is 50.4. The molecule has 1 amide bonds. The lowest BCUT2D eigenvalue weighted by Gasteiger charge is -2.46. The van der Waals surface area contributed by atoms with Gasteiger partial charge in [0.1, 0.15) is 42.7 Å². The maximum atomic E-state index is 12.0. The molecule has 5 saturated heterocycles. The molecule has 0 spiro atoms. The first-order valence-corrected chi connectivity index (χ1v) is 16.9. The number of carbonyl (C=O) groups is 2. The van der Waals surface area contributed by atoms with Crippen molar-refractivity contribution in [3.05, 3.63) is 0 Å². The molecule has 0 aromatic rings. The van der Waals surface area contributed by atoms with Crippen LogP contribution < -0.4 is 5.32 Å². The molecule has 19 heteroatoms. The summed E-state index contributed by atoms with van der Waals surface area (Å²) < 4.78 is 57.6. The van der Waals surface area contributed by atoms with Crippen molar-refractivity contribution in [2.24, 2.45) is 0 Å². The van der Waals surface area contributed by atoms with Crippen molar-refractivity contribution in [2.75, 3.05) is 13.7 Å². The molecule has 0 aromatic heterocycles. The highest BCUT2D eigenvalue weighted by Crippen LogP contribution is 2.33. The number of methoxy groups -OCH3 is 1. The third kappa shape index (κ3) is 9.16. The molecule has 7 N–H and O–H groups in total. The molecule has 0 saturated carbocycles. The van der Waals surface area contributed by atoms with Crippen LogP contribution in [0.1, 0.15) is 46.5 Å². The Hall–Kier alpha value is -1.50. The SMILES string of the molecule is CO[C@@H]1C[C@@H](O)[C@H](O[C@H]2C[C@@H](O)[C@H](O[C@H]3OC(C)[C@@H](O[C@@H]4O[C@@H](C=O)[C@@H](O[C@@H]5C[C@@H](O)[C@H](O)[C@H](C)O5)[C@H](O)C4O)CC3NC=O)CO2)C(C)O1. The van der Waals surface area contributed by atoms with E-state index in [0.717, 1.165) is 0 Å². The van der Waals surface area contributed by atoms with Crippen LogP contribution in [0.2, 0.25) is 0 Å². The minimum Gasteiger partial charge on any atom is -0.390 e. The molecule has 5 heterocycles. The van der Waals surface area contributed by atoms with E-state index in [1.165, 1.54) is 14.0 Å². The minimum absolute atomic E-state index is 0.0182. The van der Waals surface area contributed by atoms with Gasteiger partial charge < -0.3 is 88.1 Å². The molecule has 19 nitrogen and oxygen atoms in total. The molecular weight excluding hydrogens is 674 g/mol. The molecule has 4 unspecified atom stereocenters. The van der Waals surface area contributed by atoms with Gasteiger partial charge in [0.15, 0.2) is 37.7 Å². The van der Waals surface area contributed by atoms with Gasteiger partial charge in [0.2, 0.25) is 6.41 Å². The molecule has 0 aromatic carbocycles. The Morgan fingerprint density at radius 2 is 1.28 bits per heavy atom. The van der Waals surface area contributed by atoms with Gasteiger partial charge in [-0.05, 0) is 20.8 Å². The van der Waals surface area contributed by atoms with Gasteiger partial charge in [0.25, 0.3) is 0 Å². The van der Waals surface area contributed by atoms with Crippen LogP contribution in [-0.2, 0) is 57.0 Å². The second kappa shape index (κ2) is 17.5. The molecule has 0 aliphatic carbocycles. The highest BCUT2D eigenvalue weighted by atomic mass is 16.8. The fourth-order valence-electron chi connectivity index (χ4n) is 6.85. The zero-order chi connectivity index (χ0) is 36.3. The largest absolute Gasteiger partial charge is 0.390 e. The first kappa shape index (κ1) is 39.7. The fraction of sp³-hybridized carbons (Fsp3) is 0.935. The topological polar surface area (TPSA) is 260 Å². The van der Waals surface area contributed by atoms with Gasteiger partial charge >= 0.3 is 0 Å².